The number of hydrogen-bond acceptors (Lipinski definition) is 5. The van der Waals surface area contributed by atoms with Crippen molar-refractivity contribution in [1.82, 2.24) is 15.3 Å². The SMILES string of the molecule is CCNC(=O)CCNc1ncnc(N)c1Cl. The zero-order valence-electron chi connectivity index (χ0n) is 8.96. The minimum atomic E-state index is -0.0202. The minimum absolute atomic E-state index is 0.0202. The van der Waals surface area contributed by atoms with Gasteiger partial charge in [-0.3, -0.25) is 4.79 Å². The number of nitrogens with one attached hydrogen (secondary N) is 2. The molecule has 0 spiro atoms. The predicted octanol–water partition coefficient (Wildman–Crippen LogP) is 0.650. The Morgan fingerprint density at radius 2 is 2.31 bits per heavy atom. The Bertz CT molecular complexity index is 371. The molecule has 7 heteroatoms. The highest BCUT2D eigenvalue weighted by Gasteiger charge is 2.06. The lowest BCUT2D eigenvalue weighted by atomic mass is 10.4. The molecule has 0 unspecified atom stereocenters. The molecule has 1 amide bonds. The van der Waals surface area contributed by atoms with Crippen LogP contribution in [0.4, 0.5) is 11.6 Å². The fraction of sp³-hybridized carbons (Fsp3) is 0.444. The summed E-state index contributed by atoms with van der Waals surface area (Å²) in [5.41, 5.74) is 5.50. The van der Waals surface area contributed by atoms with Gasteiger partial charge in [0.05, 0.1) is 0 Å². The molecule has 0 aliphatic rings. The van der Waals surface area contributed by atoms with Gasteiger partial charge in [0.25, 0.3) is 0 Å². The molecule has 0 aromatic carbocycles. The van der Waals surface area contributed by atoms with E-state index in [9.17, 15) is 4.79 Å². The first-order valence-electron chi connectivity index (χ1n) is 4.91. The summed E-state index contributed by atoms with van der Waals surface area (Å²) in [7, 11) is 0. The Balaban J connectivity index is 2.43. The van der Waals surface area contributed by atoms with E-state index in [2.05, 4.69) is 20.6 Å². The van der Waals surface area contributed by atoms with Crippen LogP contribution in [0.15, 0.2) is 6.33 Å². The monoisotopic (exact) mass is 243 g/mol. The molecule has 4 N–H and O–H groups in total. The van der Waals surface area contributed by atoms with Gasteiger partial charge in [-0.2, -0.15) is 0 Å². The molecule has 0 aliphatic carbocycles. The van der Waals surface area contributed by atoms with Crippen LogP contribution in [-0.4, -0.2) is 29.0 Å². The maximum Gasteiger partial charge on any atom is 0.221 e. The molecule has 1 aromatic rings. The maximum absolute atomic E-state index is 11.1. The van der Waals surface area contributed by atoms with Crippen LogP contribution in [0.25, 0.3) is 0 Å². The third-order valence-electron chi connectivity index (χ3n) is 1.83. The van der Waals surface area contributed by atoms with E-state index in [0.29, 0.717) is 25.3 Å². The number of carbonyl (C=O) groups excluding carboxylic acids is 1. The van der Waals surface area contributed by atoms with Gasteiger partial charge in [0.1, 0.15) is 23.0 Å². The largest absolute Gasteiger partial charge is 0.382 e. The third kappa shape index (κ3) is 3.54. The van der Waals surface area contributed by atoms with Crippen LogP contribution in [0.3, 0.4) is 0 Å². The zero-order valence-corrected chi connectivity index (χ0v) is 9.71. The number of nitrogen functional groups attached to an aromatic ring is 1. The number of nitrogens with two attached hydrogens (primary N) is 1. The molecule has 6 nitrogen and oxygen atoms in total. The molecule has 1 heterocycles. The van der Waals surface area contributed by atoms with E-state index < -0.39 is 0 Å². The second kappa shape index (κ2) is 6.12. The number of carbonyl (C=O) groups is 1. The average Bonchev–Trinajstić information content (AvgIpc) is 2.25. The molecule has 88 valence electrons. The van der Waals surface area contributed by atoms with Crippen molar-refractivity contribution < 1.29 is 4.79 Å². The highest BCUT2D eigenvalue weighted by atomic mass is 35.5. The van der Waals surface area contributed by atoms with Crippen molar-refractivity contribution in [3.63, 3.8) is 0 Å². The van der Waals surface area contributed by atoms with E-state index in [-0.39, 0.29) is 16.7 Å². The molecular weight excluding hydrogens is 230 g/mol. The summed E-state index contributed by atoms with van der Waals surface area (Å²) >= 11 is 5.86. The summed E-state index contributed by atoms with van der Waals surface area (Å²) in [5.74, 6) is 0.642. The minimum Gasteiger partial charge on any atom is -0.382 e. The van der Waals surface area contributed by atoms with Gasteiger partial charge in [-0.05, 0) is 6.92 Å². The van der Waals surface area contributed by atoms with Crippen LogP contribution in [0.5, 0.6) is 0 Å². The van der Waals surface area contributed by atoms with E-state index in [4.69, 9.17) is 17.3 Å². The van der Waals surface area contributed by atoms with Crippen molar-refractivity contribution in [2.24, 2.45) is 0 Å². The highest BCUT2D eigenvalue weighted by molar-refractivity contribution is 6.35. The van der Waals surface area contributed by atoms with Crippen molar-refractivity contribution in [3.05, 3.63) is 11.3 Å². The molecule has 16 heavy (non-hydrogen) atoms. The second-order valence-corrected chi connectivity index (χ2v) is 3.43. The smallest absolute Gasteiger partial charge is 0.221 e. The van der Waals surface area contributed by atoms with Crippen LogP contribution in [0.1, 0.15) is 13.3 Å². The zero-order chi connectivity index (χ0) is 12.0. The summed E-state index contributed by atoms with van der Waals surface area (Å²) in [6, 6.07) is 0. The van der Waals surface area contributed by atoms with E-state index >= 15 is 0 Å². The summed E-state index contributed by atoms with van der Waals surface area (Å²) < 4.78 is 0. The predicted molar refractivity (Wildman–Crippen MR) is 63.2 cm³/mol. The first kappa shape index (κ1) is 12.5. The van der Waals surface area contributed by atoms with Gasteiger partial charge < -0.3 is 16.4 Å². The van der Waals surface area contributed by atoms with Gasteiger partial charge in [-0.15, -0.1) is 0 Å². The standard InChI is InChI=1S/C9H14ClN5O/c1-2-12-6(16)3-4-13-9-7(10)8(11)14-5-15-9/h5H,2-4H2,1H3,(H,12,16)(H3,11,13,14,15). The van der Waals surface area contributed by atoms with Crippen molar-refractivity contribution in [1.29, 1.82) is 0 Å². The van der Waals surface area contributed by atoms with Gasteiger partial charge >= 0.3 is 0 Å². The molecule has 0 bridgehead atoms. The Morgan fingerprint density at radius 3 is 3.00 bits per heavy atom. The Morgan fingerprint density at radius 1 is 1.56 bits per heavy atom. The van der Waals surface area contributed by atoms with Gasteiger partial charge in [0.2, 0.25) is 5.91 Å². The van der Waals surface area contributed by atoms with Gasteiger partial charge in [0, 0.05) is 19.5 Å². The second-order valence-electron chi connectivity index (χ2n) is 3.05. The van der Waals surface area contributed by atoms with E-state index in [1.165, 1.54) is 6.33 Å². The normalized spacial score (nSPS) is 9.88. The van der Waals surface area contributed by atoms with Crippen molar-refractivity contribution in [2.75, 3.05) is 24.1 Å². The lowest BCUT2D eigenvalue weighted by Gasteiger charge is -2.07. The lowest BCUT2D eigenvalue weighted by molar-refractivity contribution is -0.120. The molecular formula is C9H14ClN5O. The van der Waals surface area contributed by atoms with E-state index in [1.807, 2.05) is 6.92 Å². The molecule has 0 aliphatic heterocycles. The molecule has 0 fully saturated rings. The third-order valence-corrected chi connectivity index (χ3v) is 2.21. The number of aromatic nitrogens is 2. The van der Waals surface area contributed by atoms with Crippen LogP contribution in [0.2, 0.25) is 5.02 Å². The molecule has 0 radical (unpaired) electrons. The van der Waals surface area contributed by atoms with Gasteiger partial charge in [-0.1, -0.05) is 11.6 Å². The summed E-state index contributed by atoms with van der Waals surface area (Å²) in [4.78, 5) is 18.8. The van der Waals surface area contributed by atoms with E-state index in [0.717, 1.165) is 0 Å². The van der Waals surface area contributed by atoms with Gasteiger partial charge in [0.15, 0.2) is 0 Å². The lowest BCUT2D eigenvalue weighted by Crippen LogP contribution is -2.24. The Labute approximate surface area is 98.6 Å². The van der Waals surface area contributed by atoms with E-state index in [1.54, 1.807) is 0 Å². The number of nitrogens with zero attached hydrogens (tertiary/aromatic N) is 2. The average molecular weight is 244 g/mol. The van der Waals surface area contributed by atoms with Crippen molar-refractivity contribution in [2.45, 2.75) is 13.3 Å². The quantitative estimate of drug-likeness (QED) is 0.706. The molecule has 0 atom stereocenters. The summed E-state index contributed by atoms with van der Waals surface area (Å²) in [6.45, 7) is 2.94. The Hall–Kier alpha value is -1.56. The fourth-order valence-electron chi connectivity index (χ4n) is 1.09. The summed E-state index contributed by atoms with van der Waals surface area (Å²) in [5, 5.41) is 5.88. The van der Waals surface area contributed by atoms with Crippen LogP contribution in [-0.2, 0) is 4.79 Å². The molecule has 0 saturated heterocycles. The van der Waals surface area contributed by atoms with Crippen molar-refractivity contribution >= 4 is 29.1 Å². The number of anilines is 2. The number of hydrogen-bond donors (Lipinski definition) is 3. The topological polar surface area (TPSA) is 92.9 Å². The molecule has 1 aromatic heterocycles. The van der Waals surface area contributed by atoms with Crippen molar-refractivity contribution in [3.8, 4) is 0 Å². The molecule has 1 rings (SSSR count). The van der Waals surface area contributed by atoms with Gasteiger partial charge in [-0.25, -0.2) is 9.97 Å². The maximum atomic E-state index is 11.1. The number of halogens is 1. The first-order valence-corrected chi connectivity index (χ1v) is 5.29. The Kier molecular flexibility index (Phi) is 4.78. The number of rotatable bonds is 5. The van der Waals surface area contributed by atoms with Crippen LogP contribution in [0, 0.1) is 0 Å². The van der Waals surface area contributed by atoms with Crippen LogP contribution < -0.4 is 16.4 Å². The fourth-order valence-corrected chi connectivity index (χ4v) is 1.25. The molecule has 0 saturated carbocycles. The van der Waals surface area contributed by atoms with Crippen LogP contribution >= 0.6 is 11.6 Å². The first-order chi connectivity index (χ1) is 7.65. The highest BCUT2D eigenvalue weighted by Crippen LogP contribution is 2.22. The number of amides is 1. The summed E-state index contributed by atoms with van der Waals surface area (Å²) in [6.07, 6.45) is 1.67.